The zero-order chi connectivity index (χ0) is 19.4. The van der Waals surface area contributed by atoms with E-state index in [0.717, 1.165) is 17.7 Å². The van der Waals surface area contributed by atoms with E-state index in [0.29, 0.717) is 17.4 Å². The second kappa shape index (κ2) is 8.14. The fraction of sp³-hybridized carbons (Fsp3) is 0.286. The lowest BCUT2D eigenvalue weighted by Crippen LogP contribution is -2.32. The Kier molecular flexibility index (Phi) is 5.66. The summed E-state index contributed by atoms with van der Waals surface area (Å²) in [6.45, 7) is 3.17. The van der Waals surface area contributed by atoms with Gasteiger partial charge in [0.25, 0.3) is 5.56 Å². The molecule has 1 N–H and O–H groups in total. The van der Waals surface area contributed by atoms with E-state index in [2.05, 4.69) is 27.3 Å². The predicted molar refractivity (Wildman–Crippen MR) is 106 cm³/mol. The zero-order valence-electron chi connectivity index (χ0n) is 15.9. The number of aromatic nitrogens is 2. The van der Waals surface area contributed by atoms with Crippen LogP contribution >= 0.6 is 0 Å². The minimum Gasteiger partial charge on any atom is -0.350 e. The standard InChI is InChI=1S/C21H24N4O2/c1-15-5-4-6-18-20(15)23-14-25(21(18)27)13-19(26)22-11-16-7-9-17(10-8-16)12-24(2)3/h4-10,14H,11-13H2,1-3H3,(H,22,26). The number of carbonyl (C=O) groups is 1. The number of nitrogens with one attached hydrogen (secondary N) is 1. The molecule has 3 rings (SSSR count). The van der Waals surface area contributed by atoms with Gasteiger partial charge in [0.2, 0.25) is 5.91 Å². The van der Waals surface area contributed by atoms with Crippen molar-refractivity contribution in [2.45, 2.75) is 26.6 Å². The number of nitrogens with zero attached hydrogens (tertiary/aromatic N) is 3. The summed E-state index contributed by atoms with van der Waals surface area (Å²) in [6.07, 6.45) is 1.44. The van der Waals surface area contributed by atoms with Crippen LogP contribution in [0.2, 0.25) is 0 Å². The quantitative estimate of drug-likeness (QED) is 0.727. The van der Waals surface area contributed by atoms with Crippen molar-refractivity contribution in [2.75, 3.05) is 14.1 Å². The fourth-order valence-corrected chi connectivity index (χ4v) is 2.99. The van der Waals surface area contributed by atoms with E-state index in [-0.39, 0.29) is 18.0 Å². The highest BCUT2D eigenvalue weighted by atomic mass is 16.2. The van der Waals surface area contributed by atoms with Gasteiger partial charge >= 0.3 is 0 Å². The van der Waals surface area contributed by atoms with E-state index in [9.17, 15) is 9.59 Å². The maximum absolute atomic E-state index is 12.6. The number of fused-ring (bicyclic) bond motifs is 1. The molecule has 0 bridgehead atoms. The second-order valence-electron chi connectivity index (χ2n) is 6.98. The molecule has 0 radical (unpaired) electrons. The Morgan fingerprint density at radius 2 is 1.81 bits per heavy atom. The molecule has 1 aromatic heterocycles. The van der Waals surface area contributed by atoms with Crippen molar-refractivity contribution in [3.63, 3.8) is 0 Å². The summed E-state index contributed by atoms with van der Waals surface area (Å²) in [5.74, 6) is -0.219. The molecule has 2 aromatic carbocycles. The van der Waals surface area contributed by atoms with Gasteiger partial charge in [-0.15, -0.1) is 0 Å². The Hall–Kier alpha value is -2.99. The molecule has 0 atom stereocenters. The van der Waals surface area contributed by atoms with E-state index >= 15 is 0 Å². The van der Waals surface area contributed by atoms with Gasteiger partial charge in [-0.1, -0.05) is 36.4 Å². The monoisotopic (exact) mass is 364 g/mol. The SMILES string of the molecule is Cc1cccc2c(=O)n(CC(=O)NCc3ccc(CN(C)C)cc3)cnc12. The van der Waals surface area contributed by atoms with Crippen molar-refractivity contribution >= 4 is 16.8 Å². The third-order valence-electron chi connectivity index (χ3n) is 4.38. The van der Waals surface area contributed by atoms with Crippen LogP contribution in [-0.2, 0) is 24.4 Å². The molecule has 0 saturated heterocycles. The summed E-state index contributed by atoms with van der Waals surface area (Å²) < 4.78 is 1.34. The molecule has 0 aliphatic rings. The Morgan fingerprint density at radius 1 is 1.11 bits per heavy atom. The number of hydrogen-bond donors (Lipinski definition) is 1. The fourth-order valence-electron chi connectivity index (χ4n) is 2.99. The van der Waals surface area contributed by atoms with Gasteiger partial charge in [0.1, 0.15) is 6.54 Å². The van der Waals surface area contributed by atoms with E-state index in [4.69, 9.17) is 0 Å². The van der Waals surface area contributed by atoms with Crippen molar-refractivity contribution in [1.29, 1.82) is 0 Å². The van der Waals surface area contributed by atoms with Crippen LogP contribution in [0.5, 0.6) is 0 Å². The van der Waals surface area contributed by atoms with E-state index in [1.54, 1.807) is 6.07 Å². The third kappa shape index (κ3) is 4.60. The average molecular weight is 364 g/mol. The van der Waals surface area contributed by atoms with Crippen molar-refractivity contribution in [3.05, 3.63) is 75.8 Å². The maximum Gasteiger partial charge on any atom is 0.261 e. The molecular weight excluding hydrogens is 340 g/mol. The van der Waals surface area contributed by atoms with Crippen molar-refractivity contribution in [3.8, 4) is 0 Å². The number of hydrogen-bond acceptors (Lipinski definition) is 4. The lowest BCUT2D eigenvalue weighted by molar-refractivity contribution is -0.121. The van der Waals surface area contributed by atoms with Gasteiger partial charge in [-0.05, 0) is 43.8 Å². The molecule has 0 aliphatic heterocycles. The first-order valence-electron chi connectivity index (χ1n) is 8.88. The molecule has 140 valence electrons. The normalized spacial score (nSPS) is 11.1. The number of para-hydroxylation sites is 1. The van der Waals surface area contributed by atoms with Crippen molar-refractivity contribution in [2.24, 2.45) is 0 Å². The Morgan fingerprint density at radius 3 is 2.52 bits per heavy atom. The van der Waals surface area contributed by atoms with Gasteiger partial charge in [-0.25, -0.2) is 4.98 Å². The smallest absolute Gasteiger partial charge is 0.261 e. The molecule has 0 fully saturated rings. The topological polar surface area (TPSA) is 67.2 Å². The van der Waals surface area contributed by atoms with Crippen LogP contribution in [-0.4, -0.2) is 34.5 Å². The molecule has 0 saturated carbocycles. The van der Waals surface area contributed by atoms with Crippen LogP contribution < -0.4 is 10.9 Å². The first-order valence-corrected chi connectivity index (χ1v) is 8.88. The van der Waals surface area contributed by atoms with E-state index in [1.165, 1.54) is 16.5 Å². The van der Waals surface area contributed by atoms with Crippen LogP contribution in [0.15, 0.2) is 53.6 Å². The summed E-state index contributed by atoms with van der Waals surface area (Å²) in [4.78, 5) is 31.2. The highest BCUT2D eigenvalue weighted by Crippen LogP contribution is 2.11. The maximum atomic E-state index is 12.6. The molecule has 6 nitrogen and oxygen atoms in total. The van der Waals surface area contributed by atoms with Gasteiger partial charge in [0.05, 0.1) is 17.2 Å². The number of amides is 1. The third-order valence-corrected chi connectivity index (χ3v) is 4.38. The highest BCUT2D eigenvalue weighted by molar-refractivity contribution is 5.81. The van der Waals surface area contributed by atoms with Crippen molar-refractivity contribution in [1.82, 2.24) is 19.8 Å². The van der Waals surface area contributed by atoms with Gasteiger partial charge in [0, 0.05) is 13.1 Å². The van der Waals surface area contributed by atoms with Crippen LogP contribution in [0.3, 0.4) is 0 Å². The molecule has 6 heteroatoms. The lowest BCUT2D eigenvalue weighted by Gasteiger charge is -2.11. The Bertz CT molecular complexity index is 1010. The number of carbonyl (C=O) groups excluding carboxylic acids is 1. The molecule has 3 aromatic rings. The summed E-state index contributed by atoms with van der Waals surface area (Å²) in [7, 11) is 4.05. The van der Waals surface area contributed by atoms with Crippen LogP contribution in [0.1, 0.15) is 16.7 Å². The first kappa shape index (κ1) is 18.8. The first-order chi connectivity index (χ1) is 12.9. The minimum atomic E-state index is -0.219. The summed E-state index contributed by atoms with van der Waals surface area (Å²) in [5.41, 5.74) is 3.66. The largest absolute Gasteiger partial charge is 0.350 e. The van der Waals surface area contributed by atoms with Crippen LogP contribution in [0.4, 0.5) is 0 Å². The number of benzene rings is 2. The summed E-state index contributed by atoms with van der Waals surface area (Å²) >= 11 is 0. The predicted octanol–water partition coefficient (Wildman–Crippen LogP) is 2.08. The zero-order valence-corrected chi connectivity index (χ0v) is 15.9. The number of rotatable bonds is 6. The van der Waals surface area contributed by atoms with Gasteiger partial charge in [0.15, 0.2) is 0 Å². The molecule has 1 amide bonds. The minimum absolute atomic E-state index is 0.0472. The highest BCUT2D eigenvalue weighted by Gasteiger charge is 2.09. The van der Waals surface area contributed by atoms with Gasteiger partial charge in [-0.3, -0.25) is 14.2 Å². The summed E-state index contributed by atoms with van der Waals surface area (Å²) in [6, 6.07) is 13.6. The lowest BCUT2D eigenvalue weighted by atomic mass is 10.1. The Labute approximate surface area is 158 Å². The average Bonchev–Trinajstić information content (AvgIpc) is 2.63. The van der Waals surface area contributed by atoms with Gasteiger partial charge in [-0.2, -0.15) is 0 Å². The van der Waals surface area contributed by atoms with Gasteiger partial charge < -0.3 is 10.2 Å². The second-order valence-corrected chi connectivity index (χ2v) is 6.98. The molecule has 0 unspecified atom stereocenters. The molecule has 27 heavy (non-hydrogen) atoms. The molecule has 0 aliphatic carbocycles. The molecular formula is C21H24N4O2. The summed E-state index contributed by atoms with van der Waals surface area (Å²) in [5, 5.41) is 3.39. The van der Waals surface area contributed by atoms with Crippen LogP contribution in [0, 0.1) is 6.92 Å². The molecule has 1 heterocycles. The Balaban J connectivity index is 1.63. The van der Waals surface area contributed by atoms with Crippen LogP contribution in [0.25, 0.3) is 10.9 Å². The van der Waals surface area contributed by atoms with E-state index < -0.39 is 0 Å². The molecule has 0 spiro atoms. The number of aryl methyl sites for hydroxylation is 1. The van der Waals surface area contributed by atoms with Crippen molar-refractivity contribution < 1.29 is 4.79 Å². The van der Waals surface area contributed by atoms with E-state index in [1.807, 2.05) is 45.3 Å².